The van der Waals surface area contributed by atoms with E-state index in [9.17, 15) is 4.79 Å². The van der Waals surface area contributed by atoms with E-state index in [-0.39, 0.29) is 12.2 Å². The molecule has 1 aliphatic heterocycles. The Morgan fingerprint density at radius 1 is 1.38 bits per heavy atom. The minimum absolute atomic E-state index is 0.0774. The molecule has 0 spiro atoms. The van der Waals surface area contributed by atoms with E-state index in [2.05, 4.69) is 11.9 Å². The van der Waals surface area contributed by atoms with Crippen LogP contribution in [0.1, 0.15) is 39.8 Å². The van der Waals surface area contributed by atoms with Crippen LogP contribution < -0.4 is 4.74 Å². The number of amides is 1. The van der Waals surface area contributed by atoms with Crippen LogP contribution in [-0.4, -0.2) is 34.2 Å². The molecular weight excluding hydrogens is 304 g/mol. The van der Waals surface area contributed by atoms with Crippen molar-refractivity contribution in [2.45, 2.75) is 52.4 Å². The number of hydrogen-bond donors (Lipinski definition) is 0. The SMILES string of the molecule is CC[C@H]1CN(C(=O)OC(C)(C)C)Cc2ncc3ccccc3c2O1. The highest BCUT2D eigenvalue weighted by Crippen LogP contribution is 2.32. The number of pyridine rings is 1. The quantitative estimate of drug-likeness (QED) is 0.789. The van der Waals surface area contributed by atoms with Gasteiger partial charge in [0.2, 0.25) is 0 Å². The molecular formula is C19H24N2O3. The summed E-state index contributed by atoms with van der Waals surface area (Å²) in [6.07, 6.45) is 2.23. The third-order valence-corrected chi connectivity index (χ3v) is 3.98. The average molecular weight is 328 g/mol. The molecule has 24 heavy (non-hydrogen) atoms. The van der Waals surface area contributed by atoms with Gasteiger partial charge in [0.25, 0.3) is 0 Å². The van der Waals surface area contributed by atoms with Gasteiger partial charge in [0, 0.05) is 17.0 Å². The van der Waals surface area contributed by atoms with Crippen molar-refractivity contribution in [3.8, 4) is 5.75 Å². The van der Waals surface area contributed by atoms with E-state index in [0.29, 0.717) is 13.1 Å². The van der Waals surface area contributed by atoms with E-state index in [1.54, 1.807) is 4.90 Å². The number of nitrogens with zero attached hydrogens (tertiary/aromatic N) is 2. The van der Waals surface area contributed by atoms with Gasteiger partial charge in [0.1, 0.15) is 17.4 Å². The van der Waals surface area contributed by atoms with Gasteiger partial charge < -0.3 is 9.47 Å². The lowest BCUT2D eigenvalue weighted by molar-refractivity contribution is 0.0176. The lowest BCUT2D eigenvalue weighted by atomic mass is 10.1. The normalized spacial score (nSPS) is 17.8. The van der Waals surface area contributed by atoms with E-state index in [4.69, 9.17) is 9.47 Å². The zero-order valence-electron chi connectivity index (χ0n) is 14.7. The molecule has 0 saturated carbocycles. The Morgan fingerprint density at radius 3 is 2.83 bits per heavy atom. The van der Waals surface area contributed by atoms with Crippen molar-refractivity contribution in [2.75, 3.05) is 6.54 Å². The molecule has 2 aromatic rings. The summed E-state index contributed by atoms with van der Waals surface area (Å²) >= 11 is 0. The van der Waals surface area contributed by atoms with E-state index in [1.165, 1.54) is 0 Å². The highest BCUT2D eigenvalue weighted by molar-refractivity contribution is 5.88. The van der Waals surface area contributed by atoms with Crippen LogP contribution in [0.2, 0.25) is 0 Å². The topological polar surface area (TPSA) is 51.7 Å². The van der Waals surface area contributed by atoms with Crippen molar-refractivity contribution in [1.29, 1.82) is 0 Å². The van der Waals surface area contributed by atoms with Crippen LogP contribution in [-0.2, 0) is 11.3 Å². The molecule has 5 heteroatoms. The fraction of sp³-hybridized carbons (Fsp3) is 0.474. The van der Waals surface area contributed by atoms with Gasteiger partial charge in [-0.15, -0.1) is 0 Å². The second-order valence-electron chi connectivity index (χ2n) is 7.13. The second-order valence-corrected chi connectivity index (χ2v) is 7.13. The molecule has 0 unspecified atom stereocenters. The van der Waals surface area contributed by atoms with Gasteiger partial charge in [0.15, 0.2) is 5.75 Å². The molecule has 5 nitrogen and oxygen atoms in total. The van der Waals surface area contributed by atoms with E-state index < -0.39 is 5.60 Å². The van der Waals surface area contributed by atoms with E-state index in [1.807, 2.05) is 51.2 Å². The third kappa shape index (κ3) is 3.45. The summed E-state index contributed by atoms with van der Waals surface area (Å²) in [5.41, 5.74) is 0.251. The summed E-state index contributed by atoms with van der Waals surface area (Å²) < 4.78 is 11.7. The Hall–Kier alpha value is -2.30. The maximum absolute atomic E-state index is 12.5. The number of hydrogen-bond acceptors (Lipinski definition) is 4. The molecule has 1 amide bonds. The Morgan fingerprint density at radius 2 is 2.12 bits per heavy atom. The highest BCUT2D eigenvalue weighted by atomic mass is 16.6. The Balaban J connectivity index is 1.98. The maximum Gasteiger partial charge on any atom is 0.410 e. The molecule has 3 rings (SSSR count). The molecule has 0 radical (unpaired) electrons. The van der Waals surface area contributed by atoms with Crippen LogP contribution in [0.5, 0.6) is 5.75 Å². The van der Waals surface area contributed by atoms with Crippen LogP contribution in [0, 0.1) is 0 Å². The first-order valence-corrected chi connectivity index (χ1v) is 8.38. The first kappa shape index (κ1) is 16.6. The number of rotatable bonds is 1. The fourth-order valence-electron chi connectivity index (χ4n) is 2.80. The summed E-state index contributed by atoms with van der Waals surface area (Å²) in [5.74, 6) is 0.783. The Bertz CT molecular complexity index is 752. The summed E-state index contributed by atoms with van der Waals surface area (Å²) in [5, 5.41) is 2.07. The predicted molar refractivity (Wildman–Crippen MR) is 93.1 cm³/mol. The molecule has 128 valence electrons. The first-order chi connectivity index (χ1) is 11.4. The maximum atomic E-state index is 12.5. The third-order valence-electron chi connectivity index (χ3n) is 3.98. The van der Waals surface area contributed by atoms with E-state index >= 15 is 0 Å². The van der Waals surface area contributed by atoms with Gasteiger partial charge in [-0.05, 0) is 27.2 Å². The molecule has 0 N–H and O–H groups in total. The van der Waals surface area contributed by atoms with Crippen molar-refractivity contribution in [3.63, 3.8) is 0 Å². The van der Waals surface area contributed by atoms with Crippen molar-refractivity contribution < 1.29 is 14.3 Å². The highest BCUT2D eigenvalue weighted by Gasteiger charge is 2.30. The molecule has 0 fully saturated rings. The largest absolute Gasteiger partial charge is 0.486 e. The molecule has 0 saturated heterocycles. The van der Waals surface area contributed by atoms with Gasteiger partial charge in [-0.3, -0.25) is 9.88 Å². The molecule has 2 heterocycles. The summed E-state index contributed by atoms with van der Waals surface area (Å²) in [6, 6.07) is 8.02. The van der Waals surface area contributed by atoms with Gasteiger partial charge >= 0.3 is 6.09 Å². The number of benzene rings is 1. The van der Waals surface area contributed by atoms with Crippen LogP contribution in [0.25, 0.3) is 10.8 Å². The summed E-state index contributed by atoms with van der Waals surface area (Å²) in [6.45, 7) is 8.56. The van der Waals surface area contributed by atoms with Gasteiger partial charge in [0.05, 0.1) is 13.1 Å². The van der Waals surface area contributed by atoms with Gasteiger partial charge in [-0.1, -0.05) is 31.2 Å². The molecule has 1 aromatic heterocycles. The van der Waals surface area contributed by atoms with Crippen molar-refractivity contribution in [1.82, 2.24) is 9.88 Å². The standard InChI is InChI=1S/C19H24N2O3/c1-5-14-11-21(18(22)24-19(2,3)4)12-16-17(23-14)15-9-7-6-8-13(15)10-20-16/h6-10,14H,5,11-12H2,1-4H3/t14-/m0/s1. The smallest absolute Gasteiger partial charge is 0.410 e. The molecule has 0 bridgehead atoms. The minimum Gasteiger partial charge on any atom is -0.486 e. The predicted octanol–water partition coefficient (Wildman–Crippen LogP) is 4.14. The Labute approximate surface area is 142 Å². The summed E-state index contributed by atoms with van der Waals surface area (Å²) in [7, 11) is 0. The van der Waals surface area contributed by atoms with Gasteiger partial charge in [-0.2, -0.15) is 0 Å². The van der Waals surface area contributed by atoms with Crippen LogP contribution >= 0.6 is 0 Å². The van der Waals surface area contributed by atoms with Crippen molar-refractivity contribution in [2.24, 2.45) is 0 Å². The average Bonchev–Trinajstić information content (AvgIpc) is 2.72. The van der Waals surface area contributed by atoms with Crippen molar-refractivity contribution in [3.05, 3.63) is 36.2 Å². The fourth-order valence-corrected chi connectivity index (χ4v) is 2.80. The van der Waals surface area contributed by atoms with Crippen LogP contribution in [0.3, 0.4) is 0 Å². The lowest BCUT2D eigenvalue weighted by Gasteiger charge is -2.27. The zero-order valence-corrected chi connectivity index (χ0v) is 14.7. The van der Waals surface area contributed by atoms with Crippen molar-refractivity contribution >= 4 is 16.9 Å². The van der Waals surface area contributed by atoms with Crippen LogP contribution in [0.15, 0.2) is 30.5 Å². The summed E-state index contributed by atoms with van der Waals surface area (Å²) in [4.78, 5) is 18.7. The minimum atomic E-state index is -0.522. The number of fused-ring (bicyclic) bond motifs is 3. The molecule has 1 aliphatic rings. The van der Waals surface area contributed by atoms with Gasteiger partial charge in [-0.25, -0.2) is 4.79 Å². The monoisotopic (exact) mass is 328 g/mol. The number of carbonyl (C=O) groups excluding carboxylic acids is 1. The number of aromatic nitrogens is 1. The molecule has 1 aromatic carbocycles. The number of ether oxygens (including phenoxy) is 2. The first-order valence-electron chi connectivity index (χ1n) is 8.38. The second kappa shape index (κ2) is 6.30. The van der Waals surface area contributed by atoms with Crippen LogP contribution in [0.4, 0.5) is 4.79 Å². The zero-order chi connectivity index (χ0) is 17.3. The number of carbonyl (C=O) groups is 1. The lowest BCUT2D eigenvalue weighted by Crippen LogP contribution is -2.40. The van der Waals surface area contributed by atoms with E-state index in [0.717, 1.165) is 28.6 Å². The molecule has 0 aliphatic carbocycles. The Kier molecular flexibility index (Phi) is 4.35. The molecule has 1 atom stereocenters.